The Kier molecular flexibility index (Phi) is 6.81. The maximum absolute atomic E-state index is 12.6. The van der Waals surface area contributed by atoms with E-state index in [1.807, 2.05) is 18.2 Å². The molecule has 0 fully saturated rings. The Balaban J connectivity index is 1.68. The highest BCUT2D eigenvalue weighted by Crippen LogP contribution is 2.30. The van der Waals surface area contributed by atoms with Crippen LogP contribution in [0.3, 0.4) is 0 Å². The number of rotatable bonds is 9. The molecule has 10 heteroatoms. The van der Waals surface area contributed by atoms with Crippen LogP contribution in [0.25, 0.3) is 5.69 Å². The summed E-state index contributed by atoms with van der Waals surface area (Å²) < 4.78 is 22.4. The van der Waals surface area contributed by atoms with Crippen molar-refractivity contribution in [3.63, 3.8) is 0 Å². The smallest absolute Gasteiger partial charge is 0.275 e. The molecule has 3 N–H and O–H groups in total. The molecule has 1 amide bonds. The molecule has 0 aliphatic heterocycles. The van der Waals surface area contributed by atoms with Crippen LogP contribution in [-0.2, 0) is 6.42 Å². The summed E-state index contributed by atoms with van der Waals surface area (Å²) in [6, 6.07) is 10.8. The predicted molar refractivity (Wildman–Crippen MR) is 114 cm³/mol. The Labute approximate surface area is 179 Å². The Bertz CT molecular complexity index is 1070. The van der Waals surface area contributed by atoms with Gasteiger partial charge >= 0.3 is 0 Å². The molecule has 0 spiro atoms. The van der Waals surface area contributed by atoms with Crippen LogP contribution < -0.4 is 30.0 Å². The van der Waals surface area contributed by atoms with E-state index in [1.165, 1.54) is 11.8 Å². The number of amides is 1. The maximum atomic E-state index is 12.6. The van der Waals surface area contributed by atoms with Crippen LogP contribution in [-0.4, -0.2) is 55.9 Å². The van der Waals surface area contributed by atoms with Gasteiger partial charge < -0.3 is 30.0 Å². The SMILES string of the molecule is COc1ccc(CCNC(=O)c2nnn(-c3ccc(OC)c(OC)c3)c2N)cc1OC. The highest BCUT2D eigenvalue weighted by molar-refractivity contribution is 5.96. The lowest BCUT2D eigenvalue weighted by Crippen LogP contribution is -2.27. The molecule has 2 aromatic carbocycles. The van der Waals surface area contributed by atoms with Gasteiger partial charge in [-0.05, 0) is 36.2 Å². The van der Waals surface area contributed by atoms with E-state index in [0.717, 1.165) is 5.56 Å². The molecular weight excluding hydrogens is 402 g/mol. The second-order valence-electron chi connectivity index (χ2n) is 6.47. The number of nitrogens with one attached hydrogen (secondary N) is 1. The van der Waals surface area contributed by atoms with Crippen molar-refractivity contribution in [2.24, 2.45) is 0 Å². The minimum absolute atomic E-state index is 0.0436. The van der Waals surface area contributed by atoms with Gasteiger partial charge in [-0.3, -0.25) is 4.79 Å². The van der Waals surface area contributed by atoms with E-state index in [9.17, 15) is 4.79 Å². The summed E-state index contributed by atoms with van der Waals surface area (Å²) in [6.07, 6.45) is 0.593. The third kappa shape index (κ3) is 4.63. The van der Waals surface area contributed by atoms with Gasteiger partial charge in [0.25, 0.3) is 5.91 Å². The first-order valence-electron chi connectivity index (χ1n) is 9.45. The van der Waals surface area contributed by atoms with E-state index in [2.05, 4.69) is 15.6 Å². The van der Waals surface area contributed by atoms with Gasteiger partial charge in [-0.15, -0.1) is 5.10 Å². The molecule has 0 aliphatic rings. The Hall–Kier alpha value is -3.95. The fourth-order valence-electron chi connectivity index (χ4n) is 3.04. The predicted octanol–water partition coefficient (Wildman–Crippen LogP) is 1.86. The van der Waals surface area contributed by atoms with Crippen LogP contribution in [0.2, 0.25) is 0 Å². The van der Waals surface area contributed by atoms with Gasteiger partial charge in [0.15, 0.2) is 34.5 Å². The number of nitrogens with two attached hydrogens (primary N) is 1. The van der Waals surface area contributed by atoms with Crippen LogP contribution in [0.4, 0.5) is 5.82 Å². The second-order valence-corrected chi connectivity index (χ2v) is 6.47. The first kappa shape index (κ1) is 21.8. The Morgan fingerprint density at radius 2 is 1.55 bits per heavy atom. The molecule has 0 saturated heterocycles. The van der Waals surface area contributed by atoms with E-state index in [-0.39, 0.29) is 11.5 Å². The summed E-state index contributed by atoms with van der Waals surface area (Å²) in [5, 5.41) is 10.7. The number of methoxy groups -OCH3 is 4. The summed E-state index contributed by atoms with van der Waals surface area (Å²) in [4.78, 5) is 12.6. The molecular formula is C21H25N5O5. The fraction of sp³-hybridized carbons (Fsp3) is 0.286. The number of hydrogen-bond donors (Lipinski definition) is 2. The standard InChI is InChI=1S/C21H25N5O5/c1-28-15-7-5-13(11-17(15)30-3)9-10-23-21(27)19-20(22)26(25-24-19)14-6-8-16(29-2)18(12-14)31-4/h5-8,11-12H,9-10,22H2,1-4H3,(H,23,27). The number of nitrogen functional groups attached to an aromatic ring is 1. The number of ether oxygens (including phenoxy) is 4. The topological polar surface area (TPSA) is 123 Å². The van der Waals surface area contributed by atoms with Crippen LogP contribution in [0, 0.1) is 0 Å². The molecule has 3 aromatic rings. The number of carbonyl (C=O) groups excluding carboxylic acids is 1. The molecule has 0 bridgehead atoms. The maximum Gasteiger partial charge on any atom is 0.275 e. The monoisotopic (exact) mass is 427 g/mol. The molecule has 0 aliphatic carbocycles. The molecule has 1 aromatic heterocycles. The number of hydrogen-bond acceptors (Lipinski definition) is 8. The first-order valence-corrected chi connectivity index (χ1v) is 9.45. The fourth-order valence-corrected chi connectivity index (χ4v) is 3.04. The van der Waals surface area contributed by atoms with E-state index in [0.29, 0.717) is 41.7 Å². The molecule has 3 rings (SSSR count). The normalized spacial score (nSPS) is 10.5. The lowest BCUT2D eigenvalue weighted by atomic mass is 10.1. The summed E-state index contributed by atoms with van der Waals surface area (Å²) in [6.45, 7) is 0.386. The molecule has 31 heavy (non-hydrogen) atoms. The first-order chi connectivity index (χ1) is 15.0. The summed E-state index contributed by atoms with van der Waals surface area (Å²) >= 11 is 0. The molecule has 0 saturated carbocycles. The highest BCUT2D eigenvalue weighted by Gasteiger charge is 2.19. The van der Waals surface area contributed by atoms with E-state index in [4.69, 9.17) is 24.7 Å². The zero-order valence-electron chi connectivity index (χ0n) is 17.8. The van der Waals surface area contributed by atoms with Gasteiger partial charge in [0, 0.05) is 12.6 Å². The van der Waals surface area contributed by atoms with Crippen LogP contribution >= 0.6 is 0 Å². The summed E-state index contributed by atoms with van der Waals surface area (Å²) in [5.74, 6) is 2.07. The highest BCUT2D eigenvalue weighted by atomic mass is 16.5. The van der Waals surface area contributed by atoms with E-state index < -0.39 is 5.91 Å². The molecule has 164 valence electrons. The largest absolute Gasteiger partial charge is 0.493 e. The number of anilines is 1. The van der Waals surface area contributed by atoms with Gasteiger partial charge in [-0.2, -0.15) is 4.68 Å². The van der Waals surface area contributed by atoms with E-state index in [1.54, 1.807) is 39.5 Å². The molecule has 0 unspecified atom stereocenters. The van der Waals surface area contributed by atoms with Gasteiger partial charge in [0.2, 0.25) is 0 Å². The number of aromatic nitrogens is 3. The zero-order valence-corrected chi connectivity index (χ0v) is 17.8. The van der Waals surface area contributed by atoms with Gasteiger partial charge in [-0.1, -0.05) is 11.3 Å². The van der Waals surface area contributed by atoms with Gasteiger partial charge in [-0.25, -0.2) is 0 Å². The van der Waals surface area contributed by atoms with Crippen molar-refractivity contribution in [1.82, 2.24) is 20.3 Å². The third-order valence-electron chi connectivity index (χ3n) is 4.68. The second kappa shape index (κ2) is 9.70. The van der Waals surface area contributed by atoms with Crippen molar-refractivity contribution in [2.75, 3.05) is 40.7 Å². The molecule has 0 radical (unpaired) electrons. The van der Waals surface area contributed by atoms with Crippen LogP contribution in [0.1, 0.15) is 16.1 Å². The van der Waals surface area contributed by atoms with Crippen molar-refractivity contribution >= 4 is 11.7 Å². The quantitative estimate of drug-likeness (QED) is 0.530. The molecule has 10 nitrogen and oxygen atoms in total. The lowest BCUT2D eigenvalue weighted by molar-refractivity contribution is 0.0950. The average molecular weight is 427 g/mol. The van der Waals surface area contributed by atoms with Crippen molar-refractivity contribution in [1.29, 1.82) is 0 Å². The third-order valence-corrected chi connectivity index (χ3v) is 4.68. The van der Waals surface area contributed by atoms with Crippen molar-refractivity contribution in [2.45, 2.75) is 6.42 Å². The van der Waals surface area contributed by atoms with Crippen LogP contribution in [0.5, 0.6) is 23.0 Å². The Morgan fingerprint density at radius 1 is 0.935 bits per heavy atom. The minimum Gasteiger partial charge on any atom is -0.493 e. The number of benzene rings is 2. The van der Waals surface area contributed by atoms with Crippen LogP contribution in [0.15, 0.2) is 36.4 Å². The zero-order chi connectivity index (χ0) is 22.4. The molecule has 1 heterocycles. The average Bonchev–Trinajstić information content (AvgIpc) is 3.19. The van der Waals surface area contributed by atoms with E-state index >= 15 is 0 Å². The van der Waals surface area contributed by atoms with Gasteiger partial charge in [0.1, 0.15) is 0 Å². The lowest BCUT2D eigenvalue weighted by Gasteiger charge is -2.10. The van der Waals surface area contributed by atoms with Crippen molar-refractivity contribution in [3.05, 3.63) is 47.7 Å². The summed E-state index contributed by atoms with van der Waals surface area (Å²) in [7, 11) is 6.24. The number of carbonyl (C=O) groups is 1. The minimum atomic E-state index is -0.412. The van der Waals surface area contributed by atoms with Gasteiger partial charge in [0.05, 0.1) is 34.1 Å². The van der Waals surface area contributed by atoms with Crippen molar-refractivity contribution < 1.29 is 23.7 Å². The number of nitrogens with zero attached hydrogens (tertiary/aromatic N) is 3. The van der Waals surface area contributed by atoms with Crippen molar-refractivity contribution in [3.8, 4) is 28.7 Å². The molecule has 0 atom stereocenters. The summed E-state index contributed by atoms with van der Waals surface area (Å²) in [5.41, 5.74) is 7.75. The Morgan fingerprint density at radius 3 is 2.19 bits per heavy atom.